The molecule has 1 aromatic heterocycles. The van der Waals surface area contributed by atoms with E-state index < -0.39 is 53.5 Å². The summed E-state index contributed by atoms with van der Waals surface area (Å²) in [4.78, 5) is 11.6. The molecule has 8 nitrogen and oxygen atoms in total. The molecule has 0 bridgehead atoms. The highest BCUT2D eigenvalue weighted by Gasteiger charge is 2.73. The zero-order valence-corrected chi connectivity index (χ0v) is 17.7. The second kappa shape index (κ2) is 7.32. The van der Waals surface area contributed by atoms with E-state index in [2.05, 4.69) is 0 Å². The fourth-order valence-corrected chi connectivity index (χ4v) is 4.60. The number of methoxy groups -OCH3 is 1. The summed E-state index contributed by atoms with van der Waals surface area (Å²) in [5.74, 6) is 0.845. The van der Waals surface area contributed by atoms with Crippen molar-refractivity contribution in [3.8, 4) is 5.75 Å². The molecule has 0 aliphatic carbocycles. The molecular formula is C22H28O8. The molecule has 8 heteroatoms. The van der Waals surface area contributed by atoms with E-state index in [1.165, 1.54) is 13.2 Å². The van der Waals surface area contributed by atoms with Crippen LogP contribution in [0, 0.1) is 12.3 Å². The summed E-state index contributed by atoms with van der Waals surface area (Å²) in [6, 6.07) is 1.29. The van der Waals surface area contributed by atoms with Crippen molar-refractivity contribution in [3.05, 3.63) is 46.0 Å². The van der Waals surface area contributed by atoms with Crippen molar-refractivity contribution in [1.82, 2.24) is 0 Å². The largest absolute Gasteiger partial charge is 0.496 e. The molecule has 3 fully saturated rings. The van der Waals surface area contributed by atoms with Crippen LogP contribution in [0.4, 0.5) is 0 Å². The molecule has 0 radical (unpaired) electrons. The molecule has 2 N–H and O–H groups in total. The van der Waals surface area contributed by atoms with E-state index in [1.807, 2.05) is 6.92 Å². The molecule has 1 aromatic rings. The Bertz CT molecular complexity index is 932. The molecule has 0 aromatic carbocycles. The number of allylic oxidation sites excluding steroid dienone is 2. The third-order valence-corrected chi connectivity index (χ3v) is 6.92. The molecule has 3 aliphatic rings. The molecule has 0 spiro atoms. The molecule has 0 saturated carbocycles. The van der Waals surface area contributed by atoms with E-state index >= 15 is 0 Å². The Morgan fingerprint density at radius 1 is 1.20 bits per heavy atom. The maximum absolute atomic E-state index is 11.6. The standard InChI is InChI=1S/C22H28O8/c1-11-13(28-16(23)10-15(11)26-5)8-6-7-9-14-17(24)18-19(29-14)21(3)20(30-18)27-12(2)22(21,4)25/h6-10,12,14,17-20,24-25H,1-5H3/b8-6+,9-7+/t12-,14-,17-,18-,19+,20-,21+,22+/m1/s1. The maximum atomic E-state index is 11.6. The van der Waals surface area contributed by atoms with Gasteiger partial charge in [-0.25, -0.2) is 4.79 Å². The van der Waals surface area contributed by atoms with Gasteiger partial charge < -0.3 is 33.6 Å². The first-order valence-electron chi connectivity index (χ1n) is 10.0. The lowest BCUT2D eigenvalue weighted by Gasteiger charge is -2.38. The number of hydrogen-bond acceptors (Lipinski definition) is 8. The first kappa shape index (κ1) is 21.3. The molecule has 8 atom stereocenters. The molecule has 164 valence electrons. The lowest BCUT2D eigenvalue weighted by molar-refractivity contribution is -0.165. The van der Waals surface area contributed by atoms with E-state index in [9.17, 15) is 15.0 Å². The van der Waals surface area contributed by atoms with Gasteiger partial charge in [0.15, 0.2) is 6.29 Å². The highest BCUT2D eigenvalue weighted by atomic mass is 16.7. The summed E-state index contributed by atoms with van der Waals surface area (Å²) in [6.07, 6.45) is 3.12. The Morgan fingerprint density at radius 2 is 1.93 bits per heavy atom. The van der Waals surface area contributed by atoms with E-state index in [0.29, 0.717) is 17.1 Å². The minimum absolute atomic E-state index is 0.389. The quantitative estimate of drug-likeness (QED) is 0.707. The Morgan fingerprint density at radius 3 is 2.63 bits per heavy atom. The minimum Gasteiger partial charge on any atom is -0.496 e. The molecule has 30 heavy (non-hydrogen) atoms. The molecule has 4 heterocycles. The predicted molar refractivity (Wildman–Crippen MR) is 107 cm³/mol. The summed E-state index contributed by atoms with van der Waals surface area (Å²) in [5, 5.41) is 21.7. The van der Waals surface area contributed by atoms with Crippen molar-refractivity contribution in [2.75, 3.05) is 7.11 Å². The van der Waals surface area contributed by atoms with Crippen molar-refractivity contribution in [2.45, 2.75) is 70.1 Å². The average molecular weight is 420 g/mol. The van der Waals surface area contributed by atoms with Gasteiger partial charge in [0.2, 0.25) is 0 Å². The summed E-state index contributed by atoms with van der Waals surface area (Å²) >= 11 is 0. The van der Waals surface area contributed by atoms with Crippen LogP contribution < -0.4 is 10.4 Å². The number of aliphatic hydroxyl groups is 2. The van der Waals surface area contributed by atoms with E-state index in [0.717, 1.165) is 0 Å². The number of rotatable bonds is 4. The van der Waals surface area contributed by atoms with Crippen molar-refractivity contribution >= 4 is 6.08 Å². The van der Waals surface area contributed by atoms with Gasteiger partial charge in [-0.15, -0.1) is 0 Å². The van der Waals surface area contributed by atoms with Crippen LogP contribution in [-0.4, -0.2) is 59.7 Å². The second-order valence-corrected chi connectivity index (χ2v) is 8.52. The summed E-state index contributed by atoms with van der Waals surface area (Å²) in [7, 11) is 1.49. The third kappa shape index (κ3) is 2.98. The highest BCUT2D eigenvalue weighted by molar-refractivity contribution is 5.52. The molecule has 4 rings (SSSR count). The SMILES string of the molecule is COc1cc(=O)oc(/C=C/C=C/[C@H]2O[C@H]3[C@H](O[C@H]4O[C@H](C)[C@](C)(O)[C@]43C)[C@@H]2O)c1C. The lowest BCUT2D eigenvalue weighted by Crippen LogP contribution is -2.54. The number of aliphatic hydroxyl groups excluding tert-OH is 1. The first-order chi connectivity index (χ1) is 14.1. The van der Waals surface area contributed by atoms with E-state index in [1.54, 1.807) is 45.1 Å². The van der Waals surface area contributed by atoms with Crippen LogP contribution in [0.1, 0.15) is 32.1 Å². The third-order valence-electron chi connectivity index (χ3n) is 6.92. The Balaban J connectivity index is 1.49. The number of hydrogen-bond donors (Lipinski definition) is 2. The fraction of sp³-hybridized carbons (Fsp3) is 0.591. The van der Waals surface area contributed by atoms with Crippen LogP contribution in [0.25, 0.3) is 6.08 Å². The molecular weight excluding hydrogens is 392 g/mol. The molecule has 0 unspecified atom stereocenters. The maximum Gasteiger partial charge on any atom is 0.339 e. The normalized spacial score (nSPS) is 42.9. The van der Waals surface area contributed by atoms with Gasteiger partial charge in [-0.1, -0.05) is 18.2 Å². The summed E-state index contributed by atoms with van der Waals surface area (Å²) in [6.45, 7) is 7.18. The van der Waals surface area contributed by atoms with Crippen LogP contribution in [0.2, 0.25) is 0 Å². The zero-order valence-electron chi connectivity index (χ0n) is 17.7. The van der Waals surface area contributed by atoms with Crippen LogP contribution in [0.15, 0.2) is 33.5 Å². The second-order valence-electron chi connectivity index (χ2n) is 8.52. The zero-order chi connectivity index (χ0) is 21.8. The summed E-state index contributed by atoms with van der Waals surface area (Å²) < 4.78 is 28.2. The van der Waals surface area contributed by atoms with Gasteiger partial charge in [-0.3, -0.25) is 0 Å². The highest BCUT2D eigenvalue weighted by Crippen LogP contribution is 2.58. The first-order valence-corrected chi connectivity index (χ1v) is 10.0. The van der Waals surface area contributed by atoms with Gasteiger partial charge in [0.1, 0.15) is 41.5 Å². The van der Waals surface area contributed by atoms with E-state index in [-0.39, 0.29) is 0 Å². The van der Waals surface area contributed by atoms with Crippen LogP contribution >= 0.6 is 0 Å². The minimum atomic E-state index is -1.16. The smallest absolute Gasteiger partial charge is 0.339 e. The van der Waals surface area contributed by atoms with Crippen LogP contribution in [-0.2, 0) is 14.2 Å². The monoisotopic (exact) mass is 420 g/mol. The predicted octanol–water partition coefficient (Wildman–Crippen LogP) is 1.56. The lowest BCUT2D eigenvalue weighted by atomic mass is 9.69. The van der Waals surface area contributed by atoms with Gasteiger partial charge in [0, 0.05) is 5.56 Å². The van der Waals surface area contributed by atoms with Gasteiger partial charge in [0.05, 0.1) is 24.7 Å². The Hall–Kier alpha value is -1.97. The average Bonchev–Trinajstić information content (AvgIpc) is 3.21. The van der Waals surface area contributed by atoms with Crippen molar-refractivity contribution < 1.29 is 33.6 Å². The van der Waals surface area contributed by atoms with Gasteiger partial charge in [-0.2, -0.15) is 0 Å². The van der Waals surface area contributed by atoms with Crippen molar-refractivity contribution in [3.63, 3.8) is 0 Å². The molecule has 3 aliphatic heterocycles. The number of ether oxygens (including phenoxy) is 4. The van der Waals surface area contributed by atoms with Crippen molar-refractivity contribution in [1.29, 1.82) is 0 Å². The van der Waals surface area contributed by atoms with Gasteiger partial charge in [-0.05, 0) is 33.8 Å². The van der Waals surface area contributed by atoms with E-state index in [4.69, 9.17) is 23.4 Å². The van der Waals surface area contributed by atoms with Crippen LogP contribution in [0.3, 0.4) is 0 Å². The topological polar surface area (TPSA) is 108 Å². The van der Waals surface area contributed by atoms with Gasteiger partial charge in [0.25, 0.3) is 0 Å². The van der Waals surface area contributed by atoms with Crippen molar-refractivity contribution in [2.24, 2.45) is 5.41 Å². The molecule has 0 amide bonds. The fourth-order valence-electron chi connectivity index (χ4n) is 4.60. The molecule has 3 saturated heterocycles. The van der Waals surface area contributed by atoms with Crippen LogP contribution in [0.5, 0.6) is 5.75 Å². The Kier molecular flexibility index (Phi) is 5.19. The van der Waals surface area contributed by atoms with Gasteiger partial charge >= 0.3 is 5.63 Å². The number of fused-ring (bicyclic) bond motifs is 3. The summed E-state index contributed by atoms with van der Waals surface area (Å²) in [5.41, 5.74) is -1.74. The Labute approximate surface area is 174 Å².